The normalized spacial score (nSPS) is 20.1. The third-order valence-electron chi connectivity index (χ3n) is 4.34. The lowest BCUT2D eigenvalue weighted by Gasteiger charge is -2.32. The number of aryl methyl sites for hydroxylation is 1. The molecule has 2 aliphatic heterocycles. The third kappa shape index (κ3) is 3.54. The Balaban J connectivity index is 1.72. The van der Waals surface area contributed by atoms with E-state index in [1.807, 2.05) is 0 Å². The molecule has 0 radical (unpaired) electrons. The van der Waals surface area contributed by atoms with Crippen molar-refractivity contribution in [1.82, 2.24) is 15.2 Å². The molecule has 3 rings (SSSR count). The Morgan fingerprint density at radius 3 is 2.55 bits per heavy atom. The van der Waals surface area contributed by atoms with E-state index in [2.05, 4.69) is 46.5 Å². The summed E-state index contributed by atoms with van der Waals surface area (Å²) >= 11 is 0. The summed E-state index contributed by atoms with van der Waals surface area (Å²) in [5.74, 6) is 0.132. The lowest BCUT2D eigenvalue weighted by molar-refractivity contribution is -0.134. The van der Waals surface area contributed by atoms with E-state index in [1.165, 1.54) is 5.56 Å². The molecule has 0 saturated carbocycles. The molecule has 0 bridgehead atoms. The Bertz CT molecular complexity index is 546. The van der Waals surface area contributed by atoms with Crippen molar-refractivity contribution < 1.29 is 4.79 Å². The molecule has 1 saturated heterocycles. The van der Waals surface area contributed by atoms with E-state index in [-0.39, 0.29) is 5.91 Å². The first-order chi connectivity index (χ1) is 10.8. The minimum atomic E-state index is 0.132. The minimum Gasteiger partial charge on any atom is -0.314 e. The van der Waals surface area contributed by atoms with Gasteiger partial charge in [0.1, 0.15) is 0 Å². The van der Waals surface area contributed by atoms with Crippen molar-refractivity contribution in [3.05, 3.63) is 35.4 Å². The predicted octanol–water partition coefficient (Wildman–Crippen LogP) is 1.44. The van der Waals surface area contributed by atoms with E-state index < -0.39 is 0 Å². The van der Waals surface area contributed by atoms with Crippen molar-refractivity contribution in [1.29, 1.82) is 0 Å². The van der Waals surface area contributed by atoms with Crippen LogP contribution < -0.4 is 5.32 Å². The van der Waals surface area contributed by atoms with Crippen LogP contribution in [0.15, 0.2) is 29.4 Å². The molecule has 1 fully saturated rings. The maximum Gasteiger partial charge on any atom is 0.244 e. The Kier molecular flexibility index (Phi) is 4.85. The average Bonchev–Trinajstić information content (AvgIpc) is 2.58. The molecular weight excluding hydrogens is 276 g/mol. The van der Waals surface area contributed by atoms with E-state index >= 15 is 0 Å². The number of benzene rings is 1. The number of amides is 1. The number of carbonyl (C=O) groups is 1. The Hall–Kier alpha value is -1.72. The van der Waals surface area contributed by atoms with Crippen molar-refractivity contribution in [3.8, 4) is 0 Å². The van der Waals surface area contributed by atoms with Gasteiger partial charge in [-0.15, -0.1) is 0 Å². The SMILES string of the molecule is CCc1ccc(C2=NN(CN3CCNCC3)C(=O)CC2)cc1. The van der Waals surface area contributed by atoms with Crippen molar-refractivity contribution in [2.75, 3.05) is 32.8 Å². The third-order valence-corrected chi connectivity index (χ3v) is 4.34. The van der Waals surface area contributed by atoms with E-state index in [4.69, 9.17) is 0 Å². The highest BCUT2D eigenvalue weighted by atomic mass is 16.2. The van der Waals surface area contributed by atoms with Gasteiger partial charge in [0, 0.05) is 39.0 Å². The van der Waals surface area contributed by atoms with Gasteiger partial charge in [0.15, 0.2) is 0 Å². The van der Waals surface area contributed by atoms with E-state index in [0.717, 1.165) is 50.3 Å². The van der Waals surface area contributed by atoms with Crippen LogP contribution in [0.1, 0.15) is 30.9 Å². The quantitative estimate of drug-likeness (QED) is 0.915. The lowest BCUT2D eigenvalue weighted by atomic mass is 10.0. The molecule has 5 nitrogen and oxygen atoms in total. The molecule has 1 aromatic rings. The van der Waals surface area contributed by atoms with Crippen molar-refractivity contribution in [3.63, 3.8) is 0 Å². The highest BCUT2D eigenvalue weighted by Crippen LogP contribution is 2.16. The summed E-state index contributed by atoms with van der Waals surface area (Å²) in [4.78, 5) is 14.4. The predicted molar refractivity (Wildman–Crippen MR) is 87.7 cm³/mol. The smallest absolute Gasteiger partial charge is 0.244 e. The summed E-state index contributed by atoms with van der Waals surface area (Å²) in [7, 11) is 0. The minimum absolute atomic E-state index is 0.132. The molecule has 0 unspecified atom stereocenters. The number of nitrogens with one attached hydrogen (secondary N) is 1. The van der Waals surface area contributed by atoms with E-state index in [9.17, 15) is 4.79 Å². The summed E-state index contributed by atoms with van der Waals surface area (Å²) in [6.07, 6.45) is 2.34. The first-order valence-electron chi connectivity index (χ1n) is 8.16. The van der Waals surface area contributed by atoms with Crippen LogP contribution in [0.4, 0.5) is 0 Å². The molecular formula is C17H24N4O. The van der Waals surface area contributed by atoms with Gasteiger partial charge >= 0.3 is 0 Å². The van der Waals surface area contributed by atoms with Crippen LogP contribution in [0, 0.1) is 0 Å². The number of rotatable bonds is 4. The molecule has 1 amide bonds. The number of carbonyl (C=O) groups excluding carboxylic acids is 1. The van der Waals surface area contributed by atoms with Gasteiger partial charge < -0.3 is 5.32 Å². The molecule has 5 heteroatoms. The molecule has 0 spiro atoms. The van der Waals surface area contributed by atoms with Gasteiger partial charge in [-0.25, -0.2) is 5.01 Å². The van der Waals surface area contributed by atoms with Crippen molar-refractivity contribution in [2.45, 2.75) is 26.2 Å². The average molecular weight is 300 g/mol. The van der Waals surface area contributed by atoms with Crippen LogP contribution in [-0.2, 0) is 11.2 Å². The lowest BCUT2D eigenvalue weighted by Crippen LogP contribution is -2.49. The zero-order valence-electron chi connectivity index (χ0n) is 13.2. The highest BCUT2D eigenvalue weighted by Gasteiger charge is 2.23. The summed E-state index contributed by atoms with van der Waals surface area (Å²) in [6, 6.07) is 8.54. The van der Waals surface area contributed by atoms with Crippen molar-refractivity contribution >= 4 is 11.6 Å². The monoisotopic (exact) mass is 300 g/mol. The van der Waals surface area contributed by atoms with E-state index in [1.54, 1.807) is 5.01 Å². The molecule has 1 N–H and O–H groups in total. The molecule has 1 aromatic carbocycles. The fraction of sp³-hybridized carbons (Fsp3) is 0.529. The van der Waals surface area contributed by atoms with Crippen LogP contribution in [0.3, 0.4) is 0 Å². The zero-order chi connectivity index (χ0) is 15.4. The first kappa shape index (κ1) is 15.2. The number of nitrogens with zero attached hydrogens (tertiary/aromatic N) is 3. The second-order valence-electron chi connectivity index (χ2n) is 5.90. The zero-order valence-corrected chi connectivity index (χ0v) is 13.2. The highest BCUT2D eigenvalue weighted by molar-refractivity contribution is 6.04. The Labute approximate surface area is 132 Å². The maximum atomic E-state index is 12.1. The fourth-order valence-corrected chi connectivity index (χ4v) is 2.89. The summed E-state index contributed by atoms with van der Waals surface area (Å²) in [5.41, 5.74) is 3.49. The number of hydrogen-bond acceptors (Lipinski definition) is 4. The molecule has 2 heterocycles. The van der Waals surface area contributed by atoms with Crippen LogP contribution in [0.5, 0.6) is 0 Å². The molecule has 0 atom stereocenters. The summed E-state index contributed by atoms with van der Waals surface area (Å²) in [6.45, 7) is 6.67. The van der Waals surface area contributed by atoms with Gasteiger partial charge in [0.25, 0.3) is 0 Å². The number of piperazine rings is 1. The van der Waals surface area contributed by atoms with E-state index in [0.29, 0.717) is 13.1 Å². The molecule has 118 valence electrons. The van der Waals surface area contributed by atoms with Crippen molar-refractivity contribution in [2.24, 2.45) is 5.10 Å². The fourth-order valence-electron chi connectivity index (χ4n) is 2.89. The largest absolute Gasteiger partial charge is 0.314 e. The van der Waals surface area contributed by atoms with Gasteiger partial charge in [-0.1, -0.05) is 31.2 Å². The topological polar surface area (TPSA) is 47.9 Å². The Morgan fingerprint density at radius 1 is 1.14 bits per heavy atom. The molecule has 22 heavy (non-hydrogen) atoms. The van der Waals surface area contributed by atoms with Gasteiger partial charge in [0.2, 0.25) is 5.91 Å². The molecule has 2 aliphatic rings. The number of hydrogen-bond donors (Lipinski definition) is 1. The van der Waals surface area contributed by atoms with Gasteiger partial charge in [-0.3, -0.25) is 9.69 Å². The van der Waals surface area contributed by atoms with Crippen LogP contribution in [0.2, 0.25) is 0 Å². The summed E-state index contributed by atoms with van der Waals surface area (Å²) < 4.78 is 0. The molecule has 0 aromatic heterocycles. The van der Waals surface area contributed by atoms with Crippen LogP contribution >= 0.6 is 0 Å². The summed E-state index contributed by atoms with van der Waals surface area (Å²) in [5, 5.41) is 9.60. The molecule has 0 aliphatic carbocycles. The van der Waals surface area contributed by atoms with Gasteiger partial charge in [-0.2, -0.15) is 5.10 Å². The van der Waals surface area contributed by atoms with Crippen LogP contribution in [-0.4, -0.2) is 54.4 Å². The maximum absolute atomic E-state index is 12.1. The standard InChI is InChI=1S/C17H24N4O/c1-2-14-3-5-15(6-4-14)16-7-8-17(22)21(19-16)13-20-11-9-18-10-12-20/h3-6,18H,2,7-13H2,1H3. The van der Waals surface area contributed by atoms with Gasteiger partial charge in [-0.05, 0) is 17.5 Å². The van der Waals surface area contributed by atoms with Crippen LogP contribution in [0.25, 0.3) is 0 Å². The Morgan fingerprint density at radius 2 is 1.86 bits per heavy atom. The van der Waals surface area contributed by atoms with Gasteiger partial charge in [0.05, 0.1) is 12.4 Å². The second-order valence-corrected chi connectivity index (χ2v) is 5.90. The second kappa shape index (κ2) is 7.03. The number of hydrazone groups is 1. The first-order valence-corrected chi connectivity index (χ1v) is 8.16.